The van der Waals surface area contributed by atoms with Gasteiger partial charge in [-0.25, -0.2) is 15.0 Å². The first-order valence-corrected chi connectivity index (χ1v) is 8.76. The Labute approximate surface area is 154 Å². The van der Waals surface area contributed by atoms with E-state index in [0.717, 1.165) is 11.4 Å². The van der Waals surface area contributed by atoms with E-state index in [1.54, 1.807) is 29.6 Å². The summed E-state index contributed by atoms with van der Waals surface area (Å²) in [6, 6.07) is 8.59. The topological polar surface area (TPSA) is 96.9 Å². The van der Waals surface area contributed by atoms with E-state index in [4.69, 9.17) is 0 Å². The first kappa shape index (κ1) is 17.7. The maximum absolute atomic E-state index is 12.3. The number of aryl methyl sites for hydroxylation is 2. The number of nitrogens with zero attached hydrogens (tertiary/aromatic N) is 3. The number of rotatable bonds is 5. The molecule has 1 aromatic carbocycles. The summed E-state index contributed by atoms with van der Waals surface area (Å²) < 4.78 is 0. The molecule has 2 heterocycles. The summed E-state index contributed by atoms with van der Waals surface area (Å²) in [5, 5.41) is 7.96. The molecule has 1 amide bonds. The first-order chi connectivity index (χ1) is 12.4. The van der Waals surface area contributed by atoms with Crippen LogP contribution in [0.25, 0.3) is 0 Å². The minimum atomic E-state index is -0.328. The molecule has 0 aliphatic heterocycles. The number of carbonyl (C=O) groups excluding carboxylic acids is 2. The Morgan fingerprint density at radius 3 is 2.27 bits per heavy atom. The molecule has 0 fully saturated rings. The first-order valence-electron chi connectivity index (χ1n) is 7.88. The predicted octanol–water partition coefficient (Wildman–Crippen LogP) is 3.75. The van der Waals surface area contributed by atoms with E-state index in [1.807, 2.05) is 19.9 Å². The standard InChI is InChI=1S/C18H17N5O2S/c1-10-8-11(2)20-17(19-10)23-18-22-15(9-26-18)16(25)21-14-6-4-13(5-7-14)12(3)24/h4-9H,1-3H3,(H,21,25)(H,19,20,22,23). The summed E-state index contributed by atoms with van der Waals surface area (Å²) in [6.45, 7) is 5.27. The molecule has 0 saturated heterocycles. The number of amides is 1. The molecule has 0 aliphatic carbocycles. The number of nitrogens with one attached hydrogen (secondary N) is 2. The van der Waals surface area contributed by atoms with Gasteiger partial charge in [0.25, 0.3) is 5.91 Å². The normalized spacial score (nSPS) is 10.4. The highest BCUT2D eigenvalue weighted by molar-refractivity contribution is 7.14. The minimum absolute atomic E-state index is 0.0216. The van der Waals surface area contributed by atoms with Gasteiger partial charge >= 0.3 is 0 Å². The highest BCUT2D eigenvalue weighted by atomic mass is 32.1. The van der Waals surface area contributed by atoms with Crippen LogP contribution in [0.15, 0.2) is 35.7 Å². The molecular formula is C18H17N5O2S. The lowest BCUT2D eigenvalue weighted by Gasteiger charge is -2.04. The Hall–Kier alpha value is -3.13. The Bertz CT molecular complexity index is 946. The van der Waals surface area contributed by atoms with Gasteiger partial charge in [-0.15, -0.1) is 11.3 Å². The van der Waals surface area contributed by atoms with Crippen LogP contribution in [0, 0.1) is 13.8 Å². The van der Waals surface area contributed by atoms with Gasteiger partial charge in [-0.1, -0.05) is 0 Å². The third-order valence-electron chi connectivity index (χ3n) is 3.49. The molecule has 3 rings (SSSR count). The molecule has 2 N–H and O–H groups in total. The van der Waals surface area contributed by atoms with Crippen molar-refractivity contribution in [3.8, 4) is 0 Å². The number of Topliss-reactive ketones (excluding diaryl/α,β-unsaturated/α-hetero) is 1. The van der Waals surface area contributed by atoms with Crippen molar-refractivity contribution in [1.29, 1.82) is 0 Å². The van der Waals surface area contributed by atoms with Crippen molar-refractivity contribution in [2.75, 3.05) is 10.6 Å². The lowest BCUT2D eigenvalue weighted by molar-refractivity contribution is 0.101. The van der Waals surface area contributed by atoms with Crippen LogP contribution in [0.1, 0.15) is 39.2 Å². The summed E-state index contributed by atoms with van der Waals surface area (Å²) in [5.74, 6) is 0.0987. The lowest BCUT2D eigenvalue weighted by Crippen LogP contribution is -2.12. The van der Waals surface area contributed by atoms with Crippen LogP contribution < -0.4 is 10.6 Å². The van der Waals surface area contributed by atoms with Crippen LogP contribution in [0.3, 0.4) is 0 Å². The summed E-state index contributed by atoms with van der Waals surface area (Å²) in [4.78, 5) is 36.4. The van der Waals surface area contributed by atoms with Crippen LogP contribution in [0.2, 0.25) is 0 Å². The molecule has 0 aliphatic rings. The second-order valence-electron chi connectivity index (χ2n) is 5.72. The second-order valence-corrected chi connectivity index (χ2v) is 6.58. The number of carbonyl (C=O) groups is 2. The average molecular weight is 367 g/mol. The van der Waals surface area contributed by atoms with Crippen LogP contribution >= 0.6 is 11.3 Å². The van der Waals surface area contributed by atoms with Gasteiger partial charge < -0.3 is 10.6 Å². The highest BCUT2D eigenvalue weighted by Gasteiger charge is 2.12. The molecule has 0 radical (unpaired) electrons. The van der Waals surface area contributed by atoms with E-state index < -0.39 is 0 Å². The van der Waals surface area contributed by atoms with E-state index in [-0.39, 0.29) is 17.4 Å². The van der Waals surface area contributed by atoms with Crippen molar-refractivity contribution in [1.82, 2.24) is 15.0 Å². The number of aromatic nitrogens is 3. The monoisotopic (exact) mass is 367 g/mol. The van der Waals surface area contributed by atoms with Gasteiger partial charge in [0, 0.05) is 28.0 Å². The number of thiazole rings is 1. The number of benzene rings is 1. The highest BCUT2D eigenvalue weighted by Crippen LogP contribution is 2.20. The minimum Gasteiger partial charge on any atom is -0.321 e. The van der Waals surface area contributed by atoms with Gasteiger partial charge in [0.15, 0.2) is 10.9 Å². The van der Waals surface area contributed by atoms with Crippen LogP contribution in [-0.2, 0) is 0 Å². The fourth-order valence-electron chi connectivity index (χ4n) is 2.30. The van der Waals surface area contributed by atoms with Crippen molar-refractivity contribution >= 4 is 39.8 Å². The molecule has 7 nitrogen and oxygen atoms in total. The van der Waals surface area contributed by atoms with Gasteiger partial charge in [-0.2, -0.15) is 0 Å². The number of hydrogen-bond acceptors (Lipinski definition) is 7. The summed E-state index contributed by atoms with van der Waals surface area (Å²) in [6.07, 6.45) is 0. The van der Waals surface area contributed by atoms with Crippen molar-refractivity contribution in [3.05, 3.63) is 58.4 Å². The lowest BCUT2D eigenvalue weighted by atomic mass is 10.1. The number of hydrogen-bond donors (Lipinski definition) is 2. The van der Waals surface area contributed by atoms with E-state index >= 15 is 0 Å². The smallest absolute Gasteiger partial charge is 0.275 e. The summed E-state index contributed by atoms with van der Waals surface area (Å²) in [5.41, 5.74) is 3.18. The van der Waals surface area contributed by atoms with Gasteiger partial charge in [-0.3, -0.25) is 9.59 Å². The zero-order chi connectivity index (χ0) is 18.7. The van der Waals surface area contributed by atoms with Gasteiger partial charge in [-0.05, 0) is 51.1 Å². The molecule has 0 unspecified atom stereocenters. The zero-order valence-electron chi connectivity index (χ0n) is 14.5. The molecule has 0 bridgehead atoms. The molecule has 3 aromatic rings. The average Bonchev–Trinajstić information content (AvgIpc) is 3.03. The van der Waals surface area contributed by atoms with Crippen molar-refractivity contribution in [2.45, 2.75) is 20.8 Å². The fraction of sp³-hybridized carbons (Fsp3) is 0.167. The van der Waals surface area contributed by atoms with Gasteiger partial charge in [0.2, 0.25) is 5.95 Å². The van der Waals surface area contributed by atoms with Crippen molar-refractivity contribution < 1.29 is 9.59 Å². The molecule has 26 heavy (non-hydrogen) atoms. The van der Waals surface area contributed by atoms with Gasteiger partial charge in [0.1, 0.15) is 5.69 Å². The molecule has 2 aromatic heterocycles. The van der Waals surface area contributed by atoms with E-state index in [1.165, 1.54) is 18.3 Å². The van der Waals surface area contributed by atoms with Crippen LogP contribution in [0.4, 0.5) is 16.8 Å². The summed E-state index contributed by atoms with van der Waals surface area (Å²) >= 11 is 1.29. The third kappa shape index (κ3) is 4.28. The van der Waals surface area contributed by atoms with Crippen molar-refractivity contribution in [3.63, 3.8) is 0 Å². The molecular weight excluding hydrogens is 350 g/mol. The van der Waals surface area contributed by atoms with Crippen LogP contribution in [0.5, 0.6) is 0 Å². The Balaban J connectivity index is 1.68. The van der Waals surface area contributed by atoms with E-state index in [2.05, 4.69) is 25.6 Å². The number of anilines is 3. The Morgan fingerprint density at radius 1 is 1.00 bits per heavy atom. The predicted molar refractivity (Wildman–Crippen MR) is 101 cm³/mol. The zero-order valence-corrected chi connectivity index (χ0v) is 15.3. The third-order valence-corrected chi connectivity index (χ3v) is 4.24. The molecule has 8 heteroatoms. The Kier molecular flexibility index (Phi) is 5.04. The maximum atomic E-state index is 12.3. The maximum Gasteiger partial charge on any atom is 0.275 e. The molecule has 0 spiro atoms. The SMILES string of the molecule is CC(=O)c1ccc(NC(=O)c2csc(Nc3nc(C)cc(C)n3)n2)cc1. The van der Waals surface area contributed by atoms with E-state index in [0.29, 0.717) is 22.3 Å². The number of ketones is 1. The second kappa shape index (κ2) is 7.40. The molecule has 0 atom stereocenters. The Morgan fingerprint density at radius 2 is 1.65 bits per heavy atom. The van der Waals surface area contributed by atoms with E-state index in [9.17, 15) is 9.59 Å². The summed E-state index contributed by atoms with van der Waals surface area (Å²) in [7, 11) is 0. The quantitative estimate of drug-likeness (QED) is 0.667. The van der Waals surface area contributed by atoms with Crippen LogP contribution in [-0.4, -0.2) is 26.6 Å². The van der Waals surface area contributed by atoms with Gasteiger partial charge in [0.05, 0.1) is 0 Å². The van der Waals surface area contributed by atoms with Crippen molar-refractivity contribution in [2.24, 2.45) is 0 Å². The molecule has 0 saturated carbocycles. The largest absolute Gasteiger partial charge is 0.321 e. The molecule has 132 valence electrons. The fourth-order valence-corrected chi connectivity index (χ4v) is 2.98.